The summed E-state index contributed by atoms with van der Waals surface area (Å²) in [5.74, 6) is 1.52. The van der Waals surface area contributed by atoms with Gasteiger partial charge in [-0.3, -0.25) is 0 Å². The molecule has 1 N–H and O–H groups in total. The summed E-state index contributed by atoms with van der Waals surface area (Å²) in [6.45, 7) is 8.52. The molecule has 0 spiro atoms. The lowest BCUT2D eigenvalue weighted by Gasteiger charge is -2.16. The Bertz CT molecular complexity index is 266. The van der Waals surface area contributed by atoms with Crippen LogP contribution in [0.2, 0.25) is 0 Å². The van der Waals surface area contributed by atoms with Crippen molar-refractivity contribution in [1.29, 1.82) is 0 Å². The van der Waals surface area contributed by atoms with Crippen molar-refractivity contribution in [3.63, 3.8) is 0 Å². The monoisotopic (exact) mass is 193 g/mol. The number of aryl methyl sites for hydroxylation is 1. The van der Waals surface area contributed by atoms with Gasteiger partial charge >= 0.3 is 0 Å². The van der Waals surface area contributed by atoms with Crippen molar-refractivity contribution in [3.8, 4) is 0 Å². The number of hydrogen-bond acceptors (Lipinski definition) is 3. The van der Waals surface area contributed by atoms with Crippen LogP contribution in [0.1, 0.15) is 33.0 Å². The third-order valence-electron chi connectivity index (χ3n) is 2.02. The molecule has 78 valence electrons. The summed E-state index contributed by atoms with van der Waals surface area (Å²) in [6, 6.07) is 0.473. The maximum Gasteiger partial charge on any atom is 0.125 e. The average molecular weight is 193 g/mol. The van der Waals surface area contributed by atoms with Gasteiger partial charge in [0.15, 0.2) is 0 Å². The van der Waals surface area contributed by atoms with Crippen LogP contribution in [0, 0.1) is 12.8 Å². The third-order valence-corrected chi connectivity index (χ3v) is 2.02. The van der Waals surface area contributed by atoms with E-state index in [1.807, 2.05) is 19.3 Å². The van der Waals surface area contributed by atoms with E-state index in [-0.39, 0.29) is 0 Å². The fourth-order valence-electron chi connectivity index (χ4n) is 1.52. The highest BCUT2D eigenvalue weighted by molar-refractivity contribution is 5.38. The lowest BCUT2D eigenvalue weighted by atomic mass is 10.1. The van der Waals surface area contributed by atoms with Gasteiger partial charge in [-0.15, -0.1) is 0 Å². The topological polar surface area (TPSA) is 37.8 Å². The molecule has 0 amide bonds. The minimum absolute atomic E-state index is 0.473. The maximum absolute atomic E-state index is 4.14. The fourth-order valence-corrected chi connectivity index (χ4v) is 1.52. The van der Waals surface area contributed by atoms with Crippen LogP contribution >= 0.6 is 0 Å². The van der Waals surface area contributed by atoms with Gasteiger partial charge in [-0.05, 0) is 26.2 Å². The van der Waals surface area contributed by atoms with E-state index in [1.54, 1.807) is 0 Å². The van der Waals surface area contributed by atoms with Crippen molar-refractivity contribution in [3.05, 3.63) is 18.2 Å². The molecular weight excluding hydrogens is 174 g/mol. The van der Waals surface area contributed by atoms with Gasteiger partial charge in [0.2, 0.25) is 0 Å². The second kappa shape index (κ2) is 4.94. The normalized spacial score (nSPS) is 12.9. The summed E-state index contributed by atoms with van der Waals surface area (Å²) in [5.41, 5.74) is 1.00. The highest BCUT2D eigenvalue weighted by atomic mass is 15.0. The van der Waals surface area contributed by atoms with Crippen LogP contribution in [0.25, 0.3) is 0 Å². The molecule has 0 radical (unpaired) electrons. The Morgan fingerprint density at radius 3 is 2.29 bits per heavy atom. The number of hydrogen-bond donors (Lipinski definition) is 1. The largest absolute Gasteiger partial charge is 0.380 e. The quantitative estimate of drug-likeness (QED) is 0.798. The lowest BCUT2D eigenvalue weighted by Crippen LogP contribution is -2.17. The zero-order valence-corrected chi connectivity index (χ0v) is 9.41. The molecule has 0 fully saturated rings. The van der Waals surface area contributed by atoms with Gasteiger partial charge in [-0.1, -0.05) is 13.8 Å². The zero-order chi connectivity index (χ0) is 10.6. The molecule has 1 aromatic rings. The first-order valence-electron chi connectivity index (χ1n) is 5.13. The first-order chi connectivity index (χ1) is 6.58. The Hall–Kier alpha value is -1.12. The summed E-state index contributed by atoms with van der Waals surface area (Å²) < 4.78 is 0. The number of nitrogens with zero attached hydrogens (tertiary/aromatic N) is 2. The van der Waals surface area contributed by atoms with Crippen molar-refractivity contribution in [2.24, 2.45) is 5.92 Å². The van der Waals surface area contributed by atoms with E-state index in [2.05, 4.69) is 36.1 Å². The molecule has 1 rings (SSSR count). The minimum atomic E-state index is 0.473. The highest BCUT2D eigenvalue weighted by Crippen LogP contribution is 2.10. The molecule has 3 nitrogen and oxygen atoms in total. The summed E-state index contributed by atoms with van der Waals surface area (Å²) >= 11 is 0. The minimum Gasteiger partial charge on any atom is -0.380 e. The zero-order valence-electron chi connectivity index (χ0n) is 9.41. The lowest BCUT2D eigenvalue weighted by molar-refractivity contribution is 0.539. The number of anilines is 1. The van der Waals surface area contributed by atoms with E-state index >= 15 is 0 Å². The number of rotatable bonds is 4. The van der Waals surface area contributed by atoms with Crippen molar-refractivity contribution < 1.29 is 0 Å². The van der Waals surface area contributed by atoms with Crippen LogP contribution in [-0.4, -0.2) is 16.0 Å². The van der Waals surface area contributed by atoms with Gasteiger partial charge in [0.1, 0.15) is 5.82 Å². The van der Waals surface area contributed by atoms with Crippen LogP contribution < -0.4 is 5.32 Å². The number of nitrogens with one attached hydrogen (secondary N) is 1. The van der Waals surface area contributed by atoms with E-state index in [0.29, 0.717) is 12.0 Å². The molecule has 1 aromatic heterocycles. The smallest absolute Gasteiger partial charge is 0.125 e. The molecule has 0 bridgehead atoms. The van der Waals surface area contributed by atoms with E-state index in [1.165, 1.54) is 0 Å². The van der Waals surface area contributed by atoms with Crippen molar-refractivity contribution in [2.75, 3.05) is 5.32 Å². The molecular formula is C11H19N3. The summed E-state index contributed by atoms with van der Waals surface area (Å²) in [4.78, 5) is 8.28. The van der Waals surface area contributed by atoms with Crippen molar-refractivity contribution in [2.45, 2.75) is 40.2 Å². The van der Waals surface area contributed by atoms with E-state index in [0.717, 1.165) is 17.9 Å². The second-order valence-corrected chi connectivity index (χ2v) is 4.19. The van der Waals surface area contributed by atoms with Crippen LogP contribution in [0.5, 0.6) is 0 Å². The fraction of sp³-hybridized carbons (Fsp3) is 0.636. The van der Waals surface area contributed by atoms with E-state index in [4.69, 9.17) is 0 Å². The second-order valence-electron chi connectivity index (χ2n) is 4.19. The van der Waals surface area contributed by atoms with Crippen LogP contribution in [-0.2, 0) is 0 Å². The van der Waals surface area contributed by atoms with Gasteiger partial charge in [0.05, 0.1) is 18.1 Å². The summed E-state index contributed by atoms with van der Waals surface area (Å²) in [7, 11) is 0. The molecule has 0 saturated carbocycles. The predicted molar refractivity (Wildman–Crippen MR) is 59.3 cm³/mol. The molecule has 1 unspecified atom stereocenters. The molecule has 0 aromatic carbocycles. The maximum atomic E-state index is 4.14. The first-order valence-corrected chi connectivity index (χ1v) is 5.13. The third kappa shape index (κ3) is 3.73. The van der Waals surface area contributed by atoms with Crippen molar-refractivity contribution >= 4 is 5.69 Å². The molecule has 0 saturated heterocycles. The Labute approximate surface area is 86.0 Å². The van der Waals surface area contributed by atoms with E-state index in [9.17, 15) is 0 Å². The van der Waals surface area contributed by atoms with Gasteiger partial charge in [-0.25, -0.2) is 9.97 Å². The number of aromatic nitrogens is 2. The molecule has 0 aliphatic rings. The summed E-state index contributed by atoms with van der Waals surface area (Å²) in [5, 5.41) is 3.38. The molecule has 3 heteroatoms. The predicted octanol–water partition coefficient (Wildman–Crippen LogP) is 2.63. The van der Waals surface area contributed by atoms with Gasteiger partial charge in [0.25, 0.3) is 0 Å². The van der Waals surface area contributed by atoms with Gasteiger partial charge < -0.3 is 5.32 Å². The molecule has 0 aliphatic heterocycles. The molecule has 1 heterocycles. The van der Waals surface area contributed by atoms with Crippen LogP contribution in [0.4, 0.5) is 5.69 Å². The van der Waals surface area contributed by atoms with Crippen molar-refractivity contribution in [1.82, 2.24) is 9.97 Å². The SMILES string of the molecule is Cc1ncc(NC(C)CC(C)C)cn1. The Morgan fingerprint density at radius 2 is 1.79 bits per heavy atom. The van der Waals surface area contributed by atoms with E-state index < -0.39 is 0 Å². The van der Waals surface area contributed by atoms with Gasteiger partial charge in [0, 0.05) is 6.04 Å². The molecule has 14 heavy (non-hydrogen) atoms. The summed E-state index contributed by atoms with van der Waals surface area (Å²) in [6.07, 6.45) is 4.83. The molecule has 1 atom stereocenters. The Balaban J connectivity index is 2.47. The Morgan fingerprint density at radius 1 is 1.21 bits per heavy atom. The standard InChI is InChI=1S/C11H19N3/c1-8(2)5-9(3)14-11-6-12-10(4)13-7-11/h6-9,14H,5H2,1-4H3. The Kier molecular flexibility index (Phi) is 3.86. The van der Waals surface area contributed by atoms with Crippen LogP contribution in [0.15, 0.2) is 12.4 Å². The molecule has 0 aliphatic carbocycles. The highest BCUT2D eigenvalue weighted by Gasteiger charge is 2.04. The first kappa shape index (κ1) is 11.0. The van der Waals surface area contributed by atoms with Crippen LogP contribution in [0.3, 0.4) is 0 Å². The average Bonchev–Trinajstić information content (AvgIpc) is 2.07. The van der Waals surface area contributed by atoms with Gasteiger partial charge in [-0.2, -0.15) is 0 Å².